The van der Waals surface area contributed by atoms with E-state index in [1.54, 1.807) is 23.1 Å². The molecule has 0 bridgehead atoms. The quantitative estimate of drug-likeness (QED) is 0.530. The highest BCUT2D eigenvalue weighted by Gasteiger charge is 2.60. The highest BCUT2D eigenvalue weighted by Crippen LogP contribution is 2.47. The lowest BCUT2D eigenvalue weighted by molar-refractivity contribution is 0.0663. The van der Waals surface area contributed by atoms with E-state index in [9.17, 15) is 13.2 Å². The van der Waals surface area contributed by atoms with Gasteiger partial charge in [0.25, 0.3) is 5.92 Å². The molecule has 3 aliphatic rings. The van der Waals surface area contributed by atoms with Crippen molar-refractivity contribution in [3.8, 4) is 11.8 Å². The molecule has 6 rings (SSSR count). The molecular weight excluding hydrogens is 479 g/mol. The standard InChI is InChI=1S/C24H21ClF3N7/c25-16-1-3-19-15(9-16)12-34(20-10-24(20,27)28)13-22-31-32-23(35(19)22)14-5-7-33(8-6-14)21-4-2-17(26)18(11-29)30-21/h1-4,9,14,20H,5-8,10,12-13H2. The van der Waals surface area contributed by atoms with E-state index in [-0.39, 0.29) is 24.6 Å². The SMILES string of the molecule is N#Cc1nc(N2CCC(c3nnc4n3-c3ccc(Cl)cc3CN(C3CC3(F)F)C4)CC2)ccc1F. The Bertz CT molecular complexity index is 1340. The van der Waals surface area contributed by atoms with E-state index in [2.05, 4.69) is 15.2 Å². The summed E-state index contributed by atoms with van der Waals surface area (Å²) in [6, 6.07) is 9.37. The van der Waals surface area contributed by atoms with Crippen molar-refractivity contribution >= 4 is 17.4 Å². The minimum Gasteiger partial charge on any atom is -0.357 e. The molecule has 0 amide bonds. The zero-order valence-corrected chi connectivity index (χ0v) is 19.4. The van der Waals surface area contributed by atoms with E-state index < -0.39 is 17.8 Å². The number of hydrogen-bond acceptors (Lipinski definition) is 6. The molecular formula is C24H21ClF3N7. The van der Waals surface area contributed by atoms with E-state index in [1.807, 2.05) is 21.6 Å². The zero-order chi connectivity index (χ0) is 24.3. The summed E-state index contributed by atoms with van der Waals surface area (Å²) in [7, 11) is 0. The molecule has 1 atom stereocenters. The first-order valence-electron chi connectivity index (χ1n) is 11.5. The van der Waals surface area contributed by atoms with E-state index in [1.165, 1.54) is 6.07 Å². The predicted molar refractivity (Wildman–Crippen MR) is 122 cm³/mol. The molecule has 180 valence electrons. The van der Waals surface area contributed by atoms with Crippen LogP contribution in [0.3, 0.4) is 0 Å². The highest BCUT2D eigenvalue weighted by molar-refractivity contribution is 6.30. The number of fused-ring (bicyclic) bond motifs is 3. The topological polar surface area (TPSA) is 73.9 Å². The fraction of sp³-hybridized carbons (Fsp3) is 0.417. The molecule has 1 unspecified atom stereocenters. The van der Waals surface area contributed by atoms with Crippen LogP contribution in [0.15, 0.2) is 30.3 Å². The number of rotatable bonds is 3. The fourth-order valence-electron chi connectivity index (χ4n) is 5.18. The van der Waals surface area contributed by atoms with E-state index >= 15 is 0 Å². The van der Waals surface area contributed by atoms with Crippen LogP contribution in [0.1, 0.15) is 48.1 Å². The van der Waals surface area contributed by atoms with Gasteiger partial charge in [0.15, 0.2) is 17.3 Å². The number of halogens is 4. The maximum Gasteiger partial charge on any atom is 0.265 e. The van der Waals surface area contributed by atoms with Crippen molar-refractivity contribution in [2.45, 2.75) is 50.2 Å². The average Bonchev–Trinajstić information content (AvgIpc) is 3.35. The van der Waals surface area contributed by atoms with Crippen LogP contribution in [0.25, 0.3) is 5.69 Å². The van der Waals surface area contributed by atoms with Gasteiger partial charge in [-0.25, -0.2) is 18.2 Å². The number of alkyl halides is 2. The molecule has 1 aromatic carbocycles. The van der Waals surface area contributed by atoms with Gasteiger partial charge in [0.05, 0.1) is 18.3 Å². The van der Waals surface area contributed by atoms with E-state index in [0.29, 0.717) is 36.3 Å². The van der Waals surface area contributed by atoms with Gasteiger partial charge in [0.1, 0.15) is 17.7 Å². The maximum absolute atomic E-state index is 13.9. The molecule has 2 fully saturated rings. The summed E-state index contributed by atoms with van der Waals surface area (Å²) in [5.41, 5.74) is 1.53. The smallest absolute Gasteiger partial charge is 0.265 e. The van der Waals surface area contributed by atoms with Crippen LogP contribution in [0.4, 0.5) is 19.0 Å². The number of anilines is 1. The molecule has 4 heterocycles. The normalized spacial score (nSPS) is 21.7. The van der Waals surface area contributed by atoms with Crippen molar-refractivity contribution in [2.75, 3.05) is 18.0 Å². The Labute approximate surface area is 204 Å². The number of pyridine rings is 1. The van der Waals surface area contributed by atoms with Gasteiger partial charge in [-0.15, -0.1) is 10.2 Å². The summed E-state index contributed by atoms with van der Waals surface area (Å²) in [6.07, 6.45) is 1.37. The Morgan fingerprint density at radius 1 is 1.09 bits per heavy atom. The van der Waals surface area contributed by atoms with Crippen molar-refractivity contribution in [3.63, 3.8) is 0 Å². The van der Waals surface area contributed by atoms with Gasteiger partial charge < -0.3 is 4.90 Å². The van der Waals surface area contributed by atoms with E-state index in [0.717, 1.165) is 29.9 Å². The van der Waals surface area contributed by atoms with Crippen LogP contribution in [0.5, 0.6) is 0 Å². The number of benzene rings is 1. The van der Waals surface area contributed by atoms with Crippen LogP contribution < -0.4 is 4.90 Å². The van der Waals surface area contributed by atoms with Crippen LogP contribution in [-0.2, 0) is 13.1 Å². The Morgan fingerprint density at radius 3 is 2.57 bits per heavy atom. The number of piperidine rings is 1. The van der Waals surface area contributed by atoms with E-state index in [4.69, 9.17) is 16.9 Å². The summed E-state index contributed by atoms with van der Waals surface area (Å²) in [5.74, 6) is -1.19. The molecule has 7 nitrogen and oxygen atoms in total. The Kier molecular flexibility index (Phi) is 5.23. The molecule has 35 heavy (non-hydrogen) atoms. The fourth-order valence-corrected chi connectivity index (χ4v) is 5.38. The lowest BCUT2D eigenvalue weighted by Gasteiger charge is -2.32. The van der Waals surface area contributed by atoms with Crippen molar-refractivity contribution in [2.24, 2.45) is 0 Å². The molecule has 3 aromatic rings. The van der Waals surface area contributed by atoms with Gasteiger partial charge in [0, 0.05) is 37.0 Å². The van der Waals surface area contributed by atoms with Gasteiger partial charge >= 0.3 is 0 Å². The molecule has 1 saturated heterocycles. The molecule has 0 radical (unpaired) electrons. The van der Waals surface area contributed by atoms with Crippen molar-refractivity contribution in [1.82, 2.24) is 24.6 Å². The van der Waals surface area contributed by atoms with Crippen molar-refractivity contribution < 1.29 is 13.2 Å². The highest BCUT2D eigenvalue weighted by atomic mass is 35.5. The molecule has 0 spiro atoms. The number of aromatic nitrogens is 4. The van der Waals surface area contributed by atoms with Gasteiger partial charge in [-0.3, -0.25) is 9.47 Å². The third-order valence-electron chi connectivity index (χ3n) is 7.11. The first-order valence-corrected chi connectivity index (χ1v) is 11.9. The second-order valence-corrected chi connectivity index (χ2v) is 9.78. The minimum atomic E-state index is -2.68. The zero-order valence-electron chi connectivity index (χ0n) is 18.6. The third kappa shape index (κ3) is 3.93. The second-order valence-electron chi connectivity index (χ2n) is 9.34. The van der Waals surface area contributed by atoms with Gasteiger partial charge in [-0.1, -0.05) is 11.6 Å². The Hall–Kier alpha value is -3.16. The van der Waals surface area contributed by atoms with Gasteiger partial charge in [-0.2, -0.15) is 5.26 Å². The molecule has 1 aliphatic carbocycles. The van der Waals surface area contributed by atoms with Crippen LogP contribution in [-0.4, -0.2) is 49.7 Å². The molecule has 2 aliphatic heterocycles. The first-order chi connectivity index (χ1) is 16.8. The Balaban J connectivity index is 1.29. The summed E-state index contributed by atoms with van der Waals surface area (Å²) in [6.45, 7) is 1.97. The Morgan fingerprint density at radius 2 is 1.86 bits per heavy atom. The maximum atomic E-state index is 13.9. The third-order valence-corrected chi connectivity index (χ3v) is 7.35. The second kappa shape index (κ2) is 8.21. The molecule has 11 heteroatoms. The van der Waals surface area contributed by atoms with Crippen molar-refractivity contribution in [1.29, 1.82) is 5.26 Å². The van der Waals surface area contributed by atoms with Crippen LogP contribution in [0, 0.1) is 17.1 Å². The molecule has 1 saturated carbocycles. The van der Waals surface area contributed by atoms with Crippen molar-refractivity contribution in [3.05, 3.63) is 64.1 Å². The first kappa shape index (κ1) is 22.3. The van der Waals surface area contributed by atoms with Gasteiger partial charge in [-0.05, 0) is 48.7 Å². The summed E-state index contributed by atoms with van der Waals surface area (Å²) < 4.78 is 43.5. The minimum absolute atomic E-state index is 0.0980. The van der Waals surface area contributed by atoms with Crippen LogP contribution in [0.2, 0.25) is 5.02 Å². The monoisotopic (exact) mass is 499 g/mol. The van der Waals surface area contributed by atoms with Crippen LogP contribution >= 0.6 is 11.6 Å². The summed E-state index contributed by atoms with van der Waals surface area (Å²) in [5, 5.41) is 18.6. The lowest BCUT2D eigenvalue weighted by Crippen LogP contribution is -2.34. The largest absolute Gasteiger partial charge is 0.357 e. The molecule has 2 aromatic heterocycles. The number of hydrogen-bond donors (Lipinski definition) is 0. The average molecular weight is 500 g/mol. The van der Waals surface area contributed by atoms with Gasteiger partial charge in [0.2, 0.25) is 0 Å². The molecule has 0 N–H and O–H groups in total. The summed E-state index contributed by atoms with van der Waals surface area (Å²) in [4.78, 5) is 7.94. The predicted octanol–water partition coefficient (Wildman–Crippen LogP) is 4.43. The number of nitrogens with zero attached hydrogens (tertiary/aromatic N) is 7. The lowest BCUT2D eigenvalue weighted by atomic mass is 9.95. The summed E-state index contributed by atoms with van der Waals surface area (Å²) >= 11 is 6.26. The number of nitriles is 1.